The van der Waals surface area contributed by atoms with Crippen LogP contribution in [0.1, 0.15) is 11.3 Å². The van der Waals surface area contributed by atoms with E-state index < -0.39 is 0 Å². The smallest absolute Gasteiger partial charge is 0.199 e. The van der Waals surface area contributed by atoms with Crippen LogP contribution in [0.3, 0.4) is 0 Å². The van der Waals surface area contributed by atoms with Crippen molar-refractivity contribution in [3.8, 4) is 5.75 Å². The fraction of sp³-hybridized carbons (Fsp3) is 0.182. The Bertz CT molecular complexity index is 564. The number of nitrogens with two attached hydrogens (primary N) is 1. The molecule has 0 spiro atoms. The molecule has 8 heteroatoms. The van der Waals surface area contributed by atoms with Gasteiger partial charge in [-0.05, 0) is 28.0 Å². The monoisotopic (exact) mass is 263 g/mol. The Hall–Kier alpha value is -2.61. The average molecular weight is 263 g/mol. The van der Waals surface area contributed by atoms with Crippen molar-refractivity contribution in [2.45, 2.75) is 6.54 Å². The lowest BCUT2D eigenvalue weighted by Gasteiger charge is -2.03. The van der Waals surface area contributed by atoms with E-state index in [4.69, 9.17) is 15.7 Å². The Morgan fingerprint density at radius 1 is 1.42 bits per heavy atom. The molecule has 0 amide bonds. The zero-order chi connectivity index (χ0) is 13.7. The van der Waals surface area contributed by atoms with Crippen LogP contribution in [0.15, 0.2) is 33.9 Å². The summed E-state index contributed by atoms with van der Waals surface area (Å²) < 4.78 is 9.49. The van der Waals surface area contributed by atoms with Crippen LogP contribution in [-0.2, 0) is 6.54 Å². The molecule has 100 valence electrons. The number of ether oxygens (including phenoxy) is 1. The maximum Gasteiger partial charge on any atom is 0.199 e. The molecule has 0 saturated heterocycles. The van der Waals surface area contributed by atoms with Gasteiger partial charge in [0.25, 0.3) is 0 Å². The third-order valence-corrected chi connectivity index (χ3v) is 2.42. The molecule has 0 saturated carbocycles. The number of nitrogens with zero attached hydrogens (tertiary/aromatic N) is 3. The predicted molar refractivity (Wildman–Crippen MR) is 66.9 cm³/mol. The second-order valence-corrected chi connectivity index (χ2v) is 3.62. The van der Waals surface area contributed by atoms with E-state index in [1.54, 1.807) is 7.11 Å². The lowest BCUT2D eigenvalue weighted by atomic mass is 10.2. The SMILES string of the molecule is COc1ccc(CN=C(NO)c2nonc2N)cc1. The van der Waals surface area contributed by atoms with Gasteiger partial charge in [0.2, 0.25) is 0 Å². The summed E-state index contributed by atoms with van der Waals surface area (Å²) in [4.78, 5) is 4.14. The van der Waals surface area contributed by atoms with Gasteiger partial charge in [-0.2, -0.15) is 0 Å². The molecule has 4 N–H and O–H groups in total. The third kappa shape index (κ3) is 2.99. The van der Waals surface area contributed by atoms with Crippen LogP contribution in [-0.4, -0.2) is 28.5 Å². The largest absolute Gasteiger partial charge is 0.497 e. The minimum Gasteiger partial charge on any atom is -0.497 e. The van der Waals surface area contributed by atoms with Gasteiger partial charge in [0, 0.05) is 0 Å². The second-order valence-electron chi connectivity index (χ2n) is 3.62. The van der Waals surface area contributed by atoms with Crippen molar-refractivity contribution in [1.82, 2.24) is 15.8 Å². The van der Waals surface area contributed by atoms with E-state index in [2.05, 4.69) is 19.9 Å². The number of anilines is 1. The number of methoxy groups -OCH3 is 1. The van der Waals surface area contributed by atoms with Crippen LogP contribution >= 0.6 is 0 Å². The summed E-state index contributed by atoms with van der Waals surface area (Å²) in [5.41, 5.74) is 8.53. The minimum atomic E-state index is 0.0510. The average Bonchev–Trinajstić information content (AvgIpc) is 2.87. The number of aromatic nitrogens is 2. The van der Waals surface area contributed by atoms with Gasteiger partial charge >= 0.3 is 0 Å². The Morgan fingerprint density at radius 2 is 2.16 bits per heavy atom. The normalized spacial score (nSPS) is 11.4. The standard InChI is InChI=1S/C11H13N5O3/c1-18-8-4-2-7(3-5-8)6-13-11(14-17)9-10(12)16-19-15-9/h2-5,17H,6H2,1H3,(H2,12,16)(H,13,14). The van der Waals surface area contributed by atoms with E-state index in [1.807, 2.05) is 29.7 Å². The molecule has 0 aliphatic heterocycles. The van der Waals surface area contributed by atoms with Gasteiger partial charge in [0.05, 0.1) is 13.7 Å². The molecule has 1 heterocycles. The molecule has 0 atom stereocenters. The van der Waals surface area contributed by atoms with Crippen molar-refractivity contribution < 1.29 is 14.6 Å². The fourth-order valence-electron chi connectivity index (χ4n) is 1.42. The summed E-state index contributed by atoms with van der Waals surface area (Å²) in [7, 11) is 1.60. The maximum atomic E-state index is 9.02. The van der Waals surface area contributed by atoms with Gasteiger partial charge in [0.15, 0.2) is 17.3 Å². The van der Waals surface area contributed by atoms with Crippen molar-refractivity contribution in [3.63, 3.8) is 0 Å². The van der Waals surface area contributed by atoms with E-state index in [9.17, 15) is 0 Å². The molecule has 0 aliphatic carbocycles. The highest BCUT2D eigenvalue weighted by Crippen LogP contribution is 2.12. The van der Waals surface area contributed by atoms with Gasteiger partial charge in [-0.25, -0.2) is 4.63 Å². The second kappa shape index (κ2) is 5.83. The molecule has 0 fully saturated rings. The Morgan fingerprint density at radius 3 is 2.68 bits per heavy atom. The number of nitrogens with one attached hydrogen (secondary N) is 1. The molecule has 19 heavy (non-hydrogen) atoms. The zero-order valence-electron chi connectivity index (χ0n) is 10.2. The van der Waals surface area contributed by atoms with Crippen LogP contribution in [0.5, 0.6) is 5.75 Å². The number of hydrogen-bond acceptors (Lipinski definition) is 7. The van der Waals surface area contributed by atoms with Gasteiger partial charge in [-0.15, -0.1) is 0 Å². The van der Waals surface area contributed by atoms with Crippen LogP contribution in [0.2, 0.25) is 0 Å². The number of rotatable bonds is 4. The number of hydroxylamine groups is 1. The molecular weight excluding hydrogens is 250 g/mol. The van der Waals surface area contributed by atoms with Crippen molar-refractivity contribution >= 4 is 11.7 Å². The topological polar surface area (TPSA) is 119 Å². The van der Waals surface area contributed by atoms with Crippen LogP contribution in [0, 0.1) is 0 Å². The summed E-state index contributed by atoms with van der Waals surface area (Å²) in [6, 6.07) is 7.37. The highest BCUT2D eigenvalue weighted by molar-refractivity contribution is 5.99. The number of amidine groups is 1. The molecule has 0 unspecified atom stereocenters. The van der Waals surface area contributed by atoms with Crippen molar-refractivity contribution in [2.75, 3.05) is 12.8 Å². The van der Waals surface area contributed by atoms with E-state index in [1.165, 1.54) is 0 Å². The lowest BCUT2D eigenvalue weighted by Crippen LogP contribution is -2.22. The molecule has 2 rings (SSSR count). The first-order valence-corrected chi connectivity index (χ1v) is 5.40. The maximum absolute atomic E-state index is 9.02. The summed E-state index contributed by atoms with van der Waals surface area (Å²) in [5.74, 6) is 0.905. The Balaban J connectivity index is 2.13. The van der Waals surface area contributed by atoms with Gasteiger partial charge < -0.3 is 10.5 Å². The van der Waals surface area contributed by atoms with Crippen molar-refractivity contribution in [2.24, 2.45) is 4.99 Å². The van der Waals surface area contributed by atoms with Gasteiger partial charge in [0.1, 0.15) is 5.75 Å². The first-order chi connectivity index (χ1) is 9.24. The lowest BCUT2D eigenvalue weighted by molar-refractivity contribution is 0.233. The molecule has 8 nitrogen and oxygen atoms in total. The molecule has 0 radical (unpaired) electrons. The molecular formula is C11H13N5O3. The first-order valence-electron chi connectivity index (χ1n) is 5.40. The van der Waals surface area contributed by atoms with E-state index in [0.717, 1.165) is 11.3 Å². The highest BCUT2D eigenvalue weighted by Gasteiger charge is 2.12. The first kappa shape index (κ1) is 12.8. The Kier molecular flexibility index (Phi) is 3.94. The third-order valence-electron chi connectivity index (χ3n) is 2.42. The molecule has 0 aliphatic rings. The number of nitrogen functional groups attached to an aromatic ring is 1. The molecule has 1 aromatic heterocycles. The van der Waals surface area contributed by atoms with Crippen molar-refractivity contribution in [1.29, 1.82) is 0 Å². The molecule has 1 aromatic carbocycles. The minimum absolute atomic E-state index is 0.0510. The molecule has 2 aromatic rings. The van der Waals surface area contributed by atoms with Gasteiger partial charge in [-0.3, -0.25) is 15.7 Å². The van der Waals surface area contributed by atoms with Crippen molar-refractivity contribution in [3.05, 3.63) is 35.5 Å². The number of aliphatic imine (C=N–C) groups is 1. The summed E-state index contributed by atoms with van der Waals surface area (Å²) in [6.45, 7) is 0.333. The van der Waals surface area contributed by atoms with Crippen LogP contribution in [0.4, 0.5) is 5.82 Å². The van der Waals surface area contributed by atoms with Crippen LogP contribution < -0.4 is 16.0 Å². The zero-order valence-corrected chi connectivity index (χ0v) is 10.2. The number of hydrogen-bond donors (Lipinski definition) is 3. The summed E-state index contributed by atoms with van der Waals surface area (Å²) >= 11 is 0. The van der Waals surface area contributed by atoms with E-state index >= 15 is 0 Å². The quantitative estimate of drug-likeness (QED) is 0.419. The summed E-state index contributed by atoms with van der Waals surface area (Å²) in [6.07, 6.45) is 0. The molecule has 0 bridgehead atoms. The van der Waals surface area contributed by atoms with E-state index in [-0.39, 0.29) is 17.3 Å². The predicted octanol–water partition coefficient (Wildman–Crippen LogP) is 0.586. The highest BCUT2D eigenvalue weighted by atomic mass is 16.6. The number of benzene rings is 1. The van der Waals surface area contributed by atoms with E-state index in [0.29, 0.717) is 6.54 Å². The van der Waals surface area contributed by atoms with Gasteiger partial charge in [-0.1, -0.05) is 12.1 Å². The summed E-state index contributed by atoms with van der Waals surface area (Å²) in [5, 5.41) is 16.0. The Labute approximate surface area is 108 Å². The van der Waals surface area contributed by atoms with Crippen LogP contribution in [0.25, 0.3) is 0 Å². The fourth-order valence-corrected chi connectivity index (χ4v) is 1.42.